The number of aromatic nitrogens is 5. The molecule has 2 aromatic rings. The number of hydrogen-bond donors (Lipinski definition) is 2. The minimum absolute atomic E-state index is 0.0479. The smallest absolute Gasteiger partial charge is 0.268 e. The van der Waals surface area contributed by atoms with Crippen LogP contribution in [0.3, 0.4) is 0 Å². The number of carbonyl (C=O) groups is 2. The Labute approximate surface area is 102 Å². The fourth-order valence-electron chi connectivity index (χ4n) is 1.30. The molecular weight excluding hydrogens is 238 g/mol. The van der Waals surface area contributed by atoms with E-state index in [2.05, 4.69) is 20.7 Å². The molecule has 0 aliphatic heterocycles. The predicted octanol–water partition coefficient (Wildman–Crippen LogP) is -0.644. The zero-order valence-electron chi connectivity index (χ0n) is 9.57. The topological polar surface area (TPSA) is 121 Å². The van der Waals surface area contributed by atoms with Crippen LogP contribution >= 0.6 is 0 Å². The number of nitrogens with two attached hydrogens (primary N) is 1. The molecule has 9 heteroatoms. The molecule has 0 atom stereocenters. The summed E-state index contributed by atoms with van der Waals surface area (Å²) in [6, 6.07) is 0. The quantitative estimate of drug-likeness (QED) is 0.746. The molecule has 0 spiro atoms. The van der Waals surface area contributed by atoms with Crippen molar-refractivity contribution in [2.24, 2.45) is 0 Å². The van der Waals surface area contributed by atoms with Gasteiger partial charge in [0, 0.05) is 6.92 Å². The van der Waals surface area contributed by atoms with Gasteiger partial charge in [-0.2, -0.15) is 5.10 Å². The van der Waals surface area contributed by atoms with Crippen LogP contribution in [0.5, 0.6) is 0 Å². The van der Waals surface area contributed by atoms with Crippen LogP contribution in [0.4, 0.5) is 11.5 Å². The Bertz CT molecular complexity index is 585. The van der Waals surface area contributed by atoms with Gasteiger partial charge in [-0.1, -0.05) is 5.21 Å². The summed E-state index contributed by atoms with van der Waals surface area (Å²) in [6.45, 7) is 1.31. The number of carbonyl (C=O) groups excluding carboxylic acids is 2. The lowest BCUT2D eigenvalue weighted by molar-refractivity contribution is -0.114. The van der Waals surface area contributed by atoms with E-state index in [0.717, 1.165) is 4.68 Å². The van der Waals surface area contributed by atoms with Crippen LogP contribution in [-0.2, 0) is 11.3 Å². The number of rotatable bonds is 3. The first-order valence-electron chi connectivity index (χ1n) is 5.05. The maximum atomic E-state index is 11.7. The molecule has 0 unspecified atom stereocenters. The summed E-state index contributed by atoms with van der Waals surface area (Å²) in [5, 5.41) is 13.6. The van der Waals surface area contributed by atoms with Crippen LogP contribution < -0.4 is 11.1 Å². The van der Waals surface area contributed by atoms with Crippen molar-refractivity contribution in [2.75, 3.05) is 11.1 Å². The third-order valence-electron chi connectivity index (χ3n) is 2.00. The summed E-state index contributed by atoms with van der Waals surface area (Å²) in [5.74, 6) is -0.283. The van der Waals surface area contributed by atoms with Gasteiger partial charge >= 0.3 is 0 Å². The molecule has 94 valence electrons. The second kappa shape index (κ2) is 4.65. The van der Waals surface area contributed by atoms with Crippen molar-refractivity contribution >= 4 is 23.3 Å². The lowest BCUT2D eigenvalue weighted by Crippen LogP contribution is -2.18. The third kappa shape index (κ3) is 2.70. The Kier molecular flexibility index (Phi) is 3.04. The number of nitrogens with zero attached hydrogens (tertiary/aromatic N) is 5. The summed E-state index contributed by atoms with van der Waals surface area (Å²) in [7, 11) is 0. The van der Waals surface area contributed by atoms with Gasteiger partial charge in [0.05, 0.1) is 24.3 Å². The van der Waals surface area contributed by atoms with Crippen molar-refractivity contribution in [3.63, 3.8) is 0 Å². The van der Waals surface area contributed by atoms with Crippen molar-refractivity contribution in [3.8, 4) is 0 Å². The van der Waals surface area contributed by atoms with Crippen molar-refractivity contribution in [2.45, 2.75) is 13.5 Å². The molecule has 0 saturated heterocycles. The fourth-order valence-corrected chi connectivity index (χ4v) is 1.30. The molecule has 0 aliphatic carbocycles. The Morgan fingerprint density at radius 3 is 2.83 bits per heavy atom. The van der Waals surface area contributed by atoms with Gasteiger partial charge in [-0.05, 0) is 0 Å². The van der Waals surface area contributed by atoms with Gasteiger partial charge in [0.15, 0.2) is 5.82 Å². The molecule has 0 aliphatic rings. The van der Waals surface area contributed by atoms with Crippen LogP contribution in [0.15, 0.2) is 18.6 Å². The molecule has 9 nitrogen and oxygen atoms in total. The molecule has 0 saturated carbocycles. The van der Waals surface area contributed by atoms with E-state index in [4.69, 9.17) is 5.73 Å². The normalized spacial score (nSPS) is 10.3. The van der Waals surface area contributed by atoms with Gasteiger partial charge in [-0.15, -0.1) is 5.10 Å². The van der Waals surface area contributed by atoms with E-state index >= 15 is 0 Å². The molecule has 0 aromatic carbocycles. The summed E-state index contributed by atoms with van der Waals surface area (Å²) in [4.78, 5) is 22.5. The van der Waals surface area contributed by atoms with Gasteiger partial charge < -0.3 is 11.1 Å². The maximum Gasteiger partial charge on any atom is 0.268 e. The molecule has 2 aromatic heterocycles. The number of nitrogens with one attached hydrogen (secondary N) is 1. The molecule has 0 radical (unpaired) electrons. The van der Waals surface area contributed by atoms with Gasteiger partial charge in [0.2, 0.25) is 5.91 Å². The number of anilines is 2. The highest BCUT2D eigenvalue weighted by Crippen LogP contribution is 2.02. The van der Waals surface area contributed by atoms with Gasteiger partial charge in [-0.25, -0.2) is 9.36 Å². The maximum absolute atomic E-state index is 11.7. The predicted molar refractivity (Wildman–Crippen MR) is 61.6 cm³/mol. The van der Waals surface area contributed by atoms with Crippen molar-refractivity contribution < 1.29 is 9.59 Å². The van der Waals surface area contributed by atoms with Gasteiger partial charge in [0.25, 0.3) is 5.91 Å². The monoisotopic (exact) mass is 249 g/mol. The Balaban J connectivity index is 2.03. The van der Waals surface area contributed by atoms with Crippen molar-refractivity contribution in [3.05, 3.63) is 18.6 Å². The molecule has 3 N–H and O–H groups in total. The van der Waals surface area contributed by atoms with E-state index in [1.807, 2.05) is 0 Å². The number of hydrogen-bond acceptors (Lipinski definition) is 6. The molecule has 2 rings (SSSR count). The second-order valence-electron chi connectivity index (χ2n) is 3.59. The van der Waals surface area contributed by atoms with Crippen LogP contribution in [0.1, 0.15) is 11.7 Å². The summed E-state index contributed by atoms with van der Waals surface area (Å²) < 4.78 is 2.42. The van der Waals surface area contributed by atoms with Gasteiger partial charge in [0.1, 0.15) is 6.54 Å². The second-order valence-corrected chi connectivity index (χ2v) is 3.59. The molecule has 2 heterocycles. The lowest BCUT2D eigenvalue weighted by atomic mass is 10.5. The molecule has 18 heavy (non-hydrogen) atoms. The highest BCUT2D eigenvalue weighted by molar-refractivity contribution is 5.87. The zero-order chi connectivity index (χ0) is 13.1. The van der Waals surface area contributed by atoms with Gasteiger partial charge in [-0.3, -0.25) is 9.59 Å². The third-order valence-corrected chi connectivity index (χ3v) is 2.00. The van der Waals surface area contributed by atoms with Crippen LogP contribution in [0.25, 0.3) is 0 Å². The standard InChI is InChI=1S/C9H11N7O2/c1-6(17)12-8-4-15(14-13-8)5-9(18)16-3-7(10)2-11-16/h2-4H,5,10H2,1H3,(H,12,17). The summed E-state index contributed by atoms with van der Waals surface area (Å²) in [6.07, 6.45) is 4.24. The average Bonchev–Trinajstić information content (AvgIpc) is 2.87. The number of nitrogen functional groups attached to an aromatic ring is 1. The Morgan fingerprint density at radius 1 is 1.44 bits per heavy atom. The first kappa shape index (κ1) is 11.8. The van der Waals surface area contributed by atoms with Crippen LogP contribution in [0, 0.1) is 0 Å². The first-order chi connectivity index (χ1) is 8.54. The Hall–Kier alpha value is -2.71. The zero-order valence-corrected chi connectivity index (χ0v) is 9.57. The molecule has 0 bridgehead atoms. The number of amides is 1. The summed E-state index contributed by atoms with van der Waals surface area (Å²) in [5.41, 5.74) is 5.85. The summed E-state index contributed by atoms with van der Waals surface area (Å²) >= 11 is 0. The molecular formula is C9H11N7O2. The van der Waals surface area contributed by atoms with Crippen molar-refractivity contribution in [1.29, 1.82) is 0 Å². The first-order valence-corrected chi connectivity index (χ1v) is 5.05. The highest BCUT2D eigenvalue weighted by Gasteiger charge is 2.09. The van der Waals surface area contributed by atoms with Crippen LogP contribution in [0.2, 0.25) is 0 Å². The fraction of sp³-hybridized carbons (Fsp3) is 0.222. The minimum atomic E-state index is -0.314. The van der Waals surface area contributed by atoms with E-state index in [1.165, 1.54) is 30.2 Å². The molecule has 1 amide bonds. The SMILES string of the molecule is CC(=O)Nc1cn(CC(=O)n2cc(N)cn2)nn1. The van der Waals surface area contributed by atoms with E-state index in [1.54, 1.807) is 0 Å². The largest absolute Gasteiger partial charge is 0.396 e. The highest BCUT2D eigenvalue weighted by atomic mass is 16.2. The van der Waals surface area contributed by atoms with E-state index in [-0.39, 0.29) is 24.2 Å². The van der Waals surface area contributed by atoms with Crippen molar-refractivity contribution in [1.82, 2.24) is 24.8 Å². The van der Waals surface area contributed by atoms with E-state index in [9.17, 15) is 9.59 Å². The van der Waals surface area contributed by atoms with E-state index < -0.39 is 0 Å². The minimum Gasteiger partial charge on any atom is -0.396 e. The average molecular weight is 249 g/mol. The van der Waals surface area contributed by atoms with Crippen LogP contribution in [-0.4, -0.2) is 36.6 Å². The lowest BCUT2D eigenvalue weighted by Gasteiger charge is -1.99. The Morgan fingerprint density at radius 2 is 2.22 bits per heavy atom. The molecule has 0 fully saturated rings. The van der Waals surface area contributed by atoms with E-state index in [0.29, 0.717) is 5.69 Å².